The maximum absolute atomic E-state index is 14.1. The predicted octanol–water partition coefficient (Wildman–Crippen LogP) is 5.62. The number of rotatable bonds is 7. The maximum atomic E-state index is 14.1. The van der Waals surface area contributed by atoms with Crippen molar-refractivity contribution in [2.24, 2.45) is 5.92 Å². The van der Waals surface area contributed by atoms with Crippen molar-refractivity contribution in [3.63, 3.8) is 0 Å². The number of amides is 1. The van der Waals surface area contributed by atoms with Crippen molar-refractivity contribution in [1.82, 2.24) is 9.47 Å². The SMILES string of the molecule is C[C@H](c1ccccc1)N(Cc1ccccc1)C(=O)C1CCc2c(c3ccccc3n2CC(=O)O)C1. The lowest BCUT2D eigenvalue weighted by Gasteiger charge is -2.34. The fraction of sp³-hybridized carbons (Fsp3) is 0.267. The predicted molar refractivity (Wildman–Crippen MR) is 137 cm³/mol. The van der Waals surface area contributed by atoms with E-state index < -0.39 is 5.97 Å². The molecular weight excluding hydrogens is 436 g/mol. The Labute approximate surface area is 205 Å². The van der Waals surface area contributed by atoms with Crippen molar-refractivity contribution in [2.45, 2.75) is 45.3 Å². The number of carbonyl (C=O) groups is 2. The fourth-order valence-corrected chi connectivity index (χ4v) is 5.46. The first-order valence-electron chi connectivity index (χ1n) is 12.2. The highest BCUT2D eigenvalue weighted by atomic mass is 16.4. The summed E-state index contributed by atoms with van der Waals surface area (Å²) in [5.41, 5.74) is 5.35. The van der Waals surface area contributed by atoms with Crippen LogP contribution in [0.1, 0.15) is 41.8 Å². The highest BCUT2D eigenvalue weighted by molar-refractivity contribution is 5.89. The molecule has 0 aliphatic heterocycles. The molecular formula is C30H30N2O3. The first kappa shape index (κ1) is 22.9. The van der Waals surface area contributed by atoms with E-state index in [1.807, 2.05) is 70.1 Å². The van der Waals surface area contributed by atoms with E-state index in [0.29, 0.717) is 25.8 Å². The van der Waals surface area contributed by atoms with E-state index >= 15 is 0 Å². The summed E-state index contributed by atoms with van der Waals surface area (Å²) in [5, 5.41) is 10.5. The Morgan fingerprint density at radius 2 is 1.63 bits per heavy atom. The summed E-state index contributed by atoms with van der Waals surface area (Å²) < 4.78 is 1.92. The third-order valence-corrected chi connectivity index (χ3v) is 7.25. The van der Waals surface area contributed by atoms with Crippen LogP contribution in [0.25, 0.3) is 10.9 Å². The van der Waals surface area contributed by atoms with Gasteiger partial charge in [-0.2, -0.15) is 0 Å². The van der Waals surface area contributed by atoms with E-state index in [1.54, 1.807) is 0 Å². The second-order valence-electron chi connectivity index (χ2n) is 9.40. The number of hydrogen-bond donors (Lipinski definition) is 1. The average Bonchev–Trinajstić information content (AvgIpc) is 3.20. The van der Waals surface area contributed by atoms with Gasteiger partial charge in [-0.3, -0.25) is 9.59 Å². The molecule has 1 amide bonds. The lowest BCUT2D eigenvalue weighted by atomic mass is 9.84. The molecule has 1 aliphatic rings. The van der Waals surface area contributed by atoms with Gasteiger partial charge in [0.1, 0.15) is 6.54 Å². The molecule has 3 aromatic carbocycles. The minimum atomic E-state index is -0.850. The van der Waals surface area contributed by atoms with Crippen LogP contribution in [-0.2, 0) is 35.5 Å². The Hall–Kier alpha value is -3.86. The van der Waals surface area contributed by atoms with Crippen molar-refractivity contribution in [3.05, 3.63) is 107 Å². The van der Waals surface area contributed by atoms with Gasteiger partial charge in [-0.05, 0) is 48.9 Å². The van der Waals surface area contributed by atoms with Gasteiger partial charge < -0.3 is 14.6 Å². The molecule has 2 atom stereocenters. The van der Waals surface area contributed by atoms with Crippen LogP contribution in [0.3, 0.4) is 0 Å². The zero-order valence-corrected chi connectivity index (χ0v) is 19.9. The van der Waals surface area contributed by atoms with E-state index in [-0.39, 0.29) is 24.4 Å². The number of carbonyl (C=O) groups excluding carboxylic acids is 1. The number of carboxylic acid groups (broad SMARTS) is 1. The molecule has 35 heavy (non-hydrogen) atoms. The number of carboxylic acids is 1. The molecule has 5 rings (SSSR count). The number of hydrogen-bond acceptors (Lipinski definition) is 2. The summed E-state index contributed by atoms with van der Waals surface area (Å²) >= 11 is 0. The molecule has 0 radical (unpaired) electrons. The second kappa shape index (κ2) is 9.79. The van der Waals surface area contributed by atoms with Gasteiger partial charge in [0.05, 0.1) is 6.04 Å². The van der Waals surface area contributed by atoms with E-state index in [1.165, 1.54) is 0 Å². The highest BCUT2D eigenvalue weighted by Gasteiger charge is 2.34. The van der Waals surface area contributed by atoms with Crippen LogP contribution in [0.2, 0.25) is 0 Å². The molecule has 0 saturated heterocycles. The van der Waals surface area contributed by atoms with Crippen LogP contribution in [0.4, 0.5) is 0 Å². The summed E-state index contributed by atoms with van der Waals surface area (Å²) in [6, 6.07) is 28.2. The molecule has 1 unspecified atom stereocenters. The second-order valence-corrected chi connectivity index (χ2v) is 9.40. The Kier molecular flexibility index (Phi) is 6.41. The van der Waals surface area contributed by atoms with Gasteiger partial charge in [-0.1, -0.05) is 78.9 Å². The standard InChI is InChI=1S/C30H30N2O3/c1-21(23-12-6-3-7-13-23)31(19-22-10-4-2-5-11-22)30(35)24-16-17-28-26(18-24)25-14-8-9-15-27(25)32(28)20-29(33)34/h2-15,21,24H,16-20H2,1H3,(H,33,34)/t21-,24?/m1/s1. The van der Waals surface area contributed by atoms with Gasteiger partial charge in [-0.25, -0.2) is 0 Å². The van der Waals surface area contributed by atoms with Gasteiger partial charge in [0.25, 0.3) is 0 Å². The van der Waals surface area contributed by atoms with Crippen LogP contribution in [0.5, 0.6) is 0 Å². The van der Waals surface area contributed by atoms with E-state index in [0.717, 1.165) is 33.3 Å². The highest BCUT2D eigenvalue weighted by Crippen LogP contribution is 2.36. The lowest BCUT2D eigenvalue weighted by Crippen LogP contribution is -2.39. The molecule has 0 spiro atoms. The van der Waals surface area contributed by atoms with Crippen molar-refractivity contribution >= 4 is 22.8 Å². The molecule has 5 heteroatoms. The van der Waals surface area contributed by atoms with Crippen LogP contribution >= 0.6 is 0 Å². The average molecular weight is 467 g/mol. The van der Waals surface area contributed by atoms with Crippen LogP contribution < -0.4 is 0 Å². The first-order valence-corrected chi connectivity index (χ1v) is 12.2. The minimum Gasteiger partial charge on any atom is -0.480 e. The molecule has 1 aliphatic carbocycles. The number of aromatic nitrogens is 1. The number of aliphatic carboxylic acids is 1. The normalized spacial score (nSPS) is 16.0. The molecule has 4 aromatic rings. The summed E-state index contributed by atoms with van der Waals surface area (Å²) in [6.07, 6.45) is 2.05. The van der Waals surface area contributed by atoms with E-state index in [4.69, 9.17) is 0 Å². The maximum Gasteiger partial charge on any atom is 0.323 e. The number of benzene rings is 3. The summed E-state index contributed by atoms with van der Waals surface area (Å²) in [4.78, 5) is 27.6. The molecule has 0 saturated carbocycles. The molecule has 1 N–H and O–H groups in total. The molecule has 0 fully saturated rings. The zero-order chi connectivity index (χ0) is 24.4. The third kappa shape index (κ3) is 4.59. The number of para-hydroxylation sites is 1. The topological polar surface area (TPSA) is 62.5 Å². The van der Waals surface area contributed by atoms with Gasteiger partial charge >= 0.3 is 5.97 Å². The van der Waals surface area contributed by atoms with Gasteiger partial charge in [0, 0.05) is 29.1 Å². The fourth-order valence-electron chi connectivity index (χ4n) is 5.46. The Balaban J connectivity index is 1.48. The number of nitrogens with zero attached hydrogens (tertiary/aromatic N) is 2. The quantitative estimate of drug-likeness (QED) is 0.384. The molecule has 1 heterocycles. The zero-order valence-electron chi connectivity index (χ0n) is 19.9. The third-order valence-electron chi connectivity index (χ3n) is 7.25. The van der Waals surface area contributed by atoms with E-state index in [2.05, 4.69) is 31.2 Å². The monoisotopic (exact) mass is 466 g/mol. The van der Waals surface area contributed by atoms with Gasteiger partial charge in [0.2, 0.25) is 5.91 Å². The summed E-state index contributed by atoms with van der Waals surface area (Å²) in [7, 11) is 0. The lowest BCUT2D eigenvalue weighted by molar-refractivity contribution is -0.139. The molecule has 5 nitrogen and oxygen atoms in total. The summed E-state index contributed by atoms with van der Waals surface area (Å²) in [5.74, 6) is -0.829. The van der Waals surface area contributed by atoms with Gasteiger partial charge in [0.15, 0.2) is 0 Å². The van der Waals surface area contributed by atoms with Gasteiger partial charge in [-0.15, -0.1) is 0 Å². The Morgan fingerprint density at radius 1 is 0.971 bits per heavy atom. The first-order chi connectivity index (χ1) is 17.0. The van der Waals surface area contributed by atoms with E-state index in [9.17, 15) is 14.7 Å². The Morgan fingerprint density at radius 3 is 2.34 bits per heavy atom. The number of fused-ring (bicyclic) bond motifs is 3. The smallest absolute Gasteiger partial charge is 0.323 e. The van der Waals surface area contributed by atoms with Crippen molar-refractivity contribution in [1.29, 1.82) is 0 Å². The minimum absolute atomic E-state index is 0.0559. The molecule has 1 aromatic heterocycles. The molecule has 0 bridgehead atoms. The van der Waals surface area contributed by atoms with Crippen molar-refractivity contribution < 1.29 is 14.7 Å². The van der Waals surface area contributed by atoms with Crippen molar-refractivity contribution in [2.75, 3.05) is 0 Å². The summed E-state index contributed by atoms with van der Waals surface area (Å²) in [6.45, 7) is 2.60. The molecule has 178 valence electrons. The Bertz CT molecular complexity index is 1340. The van der Waals surface area contributed by atoms with Crippen molar-refractivity contribution in [3.8, 4) is 0 Å². The largest absolute Gasteiger partial charge is 0.480 e. The van der Waals surface area contributed by atoms with Crippen LogP contribution in [-0.4, -0.2) is 26.5 Å². The van der Waals surface area contributed by atoms with Crippen LogP contribution in [0.15, 0.2) is 84.9 Å². The van der Waals surface area contributed by atoms with Crippen LogP contribution in [0, 0.1) is 5.92 Å².